The minimum absolute atomic E-state index is 0.00615. The molecule has 0 amide bonds. The number of esters is 1. The van der Waals surface area contributed by atoms with Gasteiger partial charge in [0.2, 0.25) is 0 Å². The quantitative estimate of drug-likeness (QED) is 0.0412. The zero-order valence-electron chi connectivity index (χ0n) is 31.0. The second kappa shape index (κ2) is 33.7. The summed E-state index contributed by atoms with van der Waals surface area (Å²) >= 11 is 0. The average Bonchev–Trinajstić information content (AvgIpc) is 3.01. The summed E-state index contributed by atoms with van der Waals surface area (Å²) < 4.78 is 6.18. The van der Waals surface area contributed by atoms with E-state index >= 15 is 0 Å². The maximum atomic E-state index is 12.7. The van der Waals surface area contributed by atoms with Crippen molar-refractivity contribution in [2.75, 3.05) is 20.6 Å². The van der Waals surface area contributed by atoms with Crippen LogP contribution in [0.25, 0.3) is 0 Å². The smallest absolute Gasteiger partial charge is 0.306 e. The molecule has 0 fully saturated rings. The molecule has 0 rings (SSSR count). The first-order valence-electron chi connectivity index (χ1n) is 19.4. The minimum atomic E-state index is -0.305. The van der Waals surface area contributed by atoms with Crippen LogP contribution in [0.2, 0.25) is 0 Å². The Bertz CT molecular complexity index is 702. The molecule has 3 heteroatoms. The van der Waals surface area contributed by atoms with Crippen LogP contribution in [0.4, 0.5) is 0 Å². The molecule has 0 aromatic heterocycles. The number of ether oxygens (including phenoxy) is 1. The van der Waals surface area contributed by atoms with Crippen LogP contribution in [-0.2, 0) is 9.53 Å². The summed E-state index contributed by atoms with van der Waals surface area (Å²) in [6.07, 6.45) is 49.5. The van der Waals surface area contributed by atoms with Crippen LogP contribution in [0, 0.1) is 0 Å². The van der Waals surface area contributed by atoms with Crippen molar-refractivity contribution in [2.45, 2.75) is 193 Å². The van der Waals surface area contributed by atoms with Crippen molar-refractivity contribution in [3.05, 3.63) is 48.6 Å². The fourth-order valence-electron chi connectivity index (χ4n) is 5.69. The summed E-state index contributed by atoms with van der Waals surface area (Å²) in [6.45, 7) is 7.63. The van der Waals surface area contributed by atoms with Crippen LogP contribution < -0.4 is 0 Å². The van der Waals surface area contributed by atoms with Crippen molar-refractivity contribution in [3.63, 3.8) is 0 Å². The molecule has 0 aromatic carbocycles. The van der Waals surface area contributed by atoms with E-state index < -0.39 is 0 Å². The SMILES string of the molecule is CCCC/C=C\C/C=C\CCCCCCCCC(C)(CCCCCCCC/C=C\C/C=C\CCCC)OC(=O)CCCN(C)C. The molecule has 0 aromatic rings. The lowest BCUT2D eigenvalue weighted by Crippen LogP contribution is -2.32. The van der Waals surface area contributed by atoms with Crippen LogP contribution in [0.5, 0.6) is 0 Å². The topological polar surface area (TPSA) is 29.5 Å². The maximum absolute atomic E-state index is 12.7. The predicted molar refractivity (Wildman–Crippen MR) is 201 cm³/mol. The van der Waals surface area contributed by atoms with Crippen LogP contribution in [0.1, 0.15) is 188 Å². The molecule has 0 heterocycles. The highest BCUT2D eigenvalue weighted by molar-refractivity contribution is 5.69. The summed E-state index contributed by atoms with van der Waals surface area (Å²) in [5, 5.41) is 0. The fraction of sp³-hybridized carbons (Fsp3) is 0.786. The first kappa shape index (κ1) is 43.4. The van der Waals surface area contributed by atoms with E-state index in [4.69, 9.17) is 4.74 Å². The molecule has 3 nitrogen and oxygen atoms in total. The second-order valence-electron chi connectivity index (χ2n) is 13.8. The van der Waals surface area contributed by atoms with Gasteiger partial charge in [0.1, 0.15) is 5.60 Å². The van der Waals surface area contributed by atoms with Crippen molar-refractivity contribution < 1.29 is 9.53 Å². The zero-order chi connectivity index (χ0) is 33.1. The van der Waals surface area contributed by atoms with Crippen molar-refractivity contribution in [3.8, 4) is 0 Å². The van der Waals surface area contributed by atoms with Gasteiger partial charge in [-0.15, -0.1) is 0 Å². The first-order valence-corrected chi connectivity index (χ1v) is 19.4. The number of hydrogen-bond donors (Lipinski definition) is 0. The molecule has 0 aliphatic carbocycles. The van der Waals surface area contributed by atoms with Gasteiger partial charge in [-0.2, -0.15) is 0 Å². The second-order valence-corrected chi connectivity index (χ2v) is 13.8. The lowest BCUT2D eigenvalue weighted by atomic mass is 9.91. The van der Waals surface area contributed by atoms with E-state index in [-0.39, 0.29) is 11.6 Å². The third-order valence-corrected chi connectivity index (χ3v) is 8.66. The van der Waals surface area contributed by atoms with E-state index in [9.17, 15) is 4.79 Å². The number of unbranched alkanes of at least 4 members (excludes halogenated alkanes) is 16. The summed E-state index contributed by atoms with van der Waals surface area (Å²) in [6, 6.07) is 0. The highest BCUT2D eigenvalue weighted by Gasteiger charge is 2.27. The molecule has 0 saturated carbocycles. The normalized spacial score (nSPS) is 12.7. The van der Waals surface area contributed by atoms with Gasteiger partial charge in [-0.05, 0) is 111 Å². The van der Waals surface area contributed by atoms with Gasteiger partial charge in [-0.1, -0.05) is 140 Å². The molecule has 262 valence electrons. The Morgan fingerprint density at radius 3 is 1.31 bits per heavy atom. The van der Waals surface area contributed by atoms with Gasteiger partial charge in [0.25, 0.3) is 0 Å². The van der Waals surface area contributed by atoms with Gasteiger partial charge in [0.05, 0.1) is 0 Å². The number of carbonyl (C=O) groups is 1. The van der Waals surface area contributed by atoms with E-state index in [0.29, 0.717) is 6.42 Å². The summed E-state index contributed by atoms with van der Waals surface area (Å²) in [5.74, 6) is -0.00615. The number of rotatable bonds is 33. The van der Waals surface area contributed by atoms with E-state index in [1.165, 1.54) is 116 Å². The highest BCUT2D eigenvalue weighted by Crippen LogP contribution is 2.28. The van der Waals surface area contributed by atoms with Gasteiger partial charge < -0.3 is 9.64 Å². The number of allylic oxidation sites excluding steroid dienone is 8. The van der Waals surface area contributed by atoms with Crippen molar-refractivity contribution in [2.24, 2.45) is 0 Å². The molecule has 0 bridgehead atoms. The van der Waals surface area contributed by atoms with Crippen LogP contribution >= 0.6 is 0 Å². The molecule has 0 atom stereocenters. The van der Waals surface area contributed by atoms with E-state index in [1.54, 1.807) is 0 Å². The van der Waals surface area contributed by atoms with E-state index in [0.717, 1.165) is 51.5 Å². The Kier molecular flexibility index (Phi) is 32.5. The predicted octanol–water partition coefficient (Wildman–Crippen LogP) is 13.3. The van der Waals surface area contributed by atoms with Crippen molar-refractivity contribution in [1.29, 1.82) is 0 Å². The minimum Gasteiger partial charge on any atom is -0.459 e. The molecular weight excluding hydrogens is 550 g/mol. The van der Waals surface area contributed by atoms with E-state index in [1.807, 2.05) is 0 Å². The Morgan fingerprint density at radius 1 is 0.533 bits per heavy atom. The summed E-state index contributed by atoms with van der Waals surface area (Å²) in [5.41, 5.74) is -0.305. The average molecular weight is 628 g/mol. The summed E-state index contributed by atoms with van der Waals surface area (Å²) in [7, 11) is 4.12. The van der Waals surface area contributed by atoms with Crippen molar-refractivity contribution >= 4 is 5.97 Å². The molecular formula is C42H77NO2. The standard InChI is InChI=1S/C42H77NO2/c1-6-8-10-12-14-16-18-20-22-24-26-28-30-32-34-38-42(3,45-41(44)37-36-40-43(4)5)39-35-33-31-29-27-25-23-21-19-17-15-13-11-9-7-2/h12-15,18-21H,6-11,16-17,22-40H2,1-5H3/b14-12-,15-13-,20-18-,21-19-. The Balaban J connectivity index is 4.19. The molecule has 45 heavy (non-hydrogen) atoms. The van der Waals surface area contributed by atoms with Crippen LogP contribution in [0.3, 0.4) is 0 Å². The molecule has 0 aliphatic heterocycles. The number of carbonyl (C=O) groups excluding carboxylic acids is 1. The monoisotopic (exact) mass is 628 g/mol. The molecule has 0 radical (unpaired) electrons. The largest absolute Gasteiger partial charge is 0.459 e. The maximum Gasteiger partial charge on any atom is 0.306 e. The third-order valence-electron chi connectivity index (χ3n) is 8.66. The first-order chi connectivity index (χ1) is 21.9. The van der Waals surface area contributed by atoms with E-state index in [2.05, 4.69) is 88.4 Å². The third kappa shape index (κ3) is 33.6. The Morgan fingerprint density at radius 2 is 0.911 bits per heavy atom. The van der Waals surface area contributed by atoms with Gasteiger partial charge in [-0.25, -0.2) is 0 Å². The molecule has 0 N–H and O–H groups in total. The number of nitrogens with zero attached hydrogens (tertiary/aromatic N) is 1. The van der Waals surface area contributed by atoms with Crippen LogP contribution in [0.15, 0.2) is 48.6 Å². The molecule has 0 saturated heterocycles. The fourth-order valence-corrected chi connectivity index (χ4v) is 5.69. The molecule has 0 aliphatic rings. The van der Waals surface area contributed by atoms with Crippen molar-refractivity contribution in [1.82, 2.24) is 4.90 Å². The van der Waals surface area contributed by atoms with Gasteiger partial charge >= 0.3 is 5.97 Å². The van der Waals surface area contributed by atoms with Gasteiger partial charge in [0.15, 0.2) is 0 Å². The lowest BCUT2D eigenvalue weighted by molar-refractivity contribution is -0.160. The number of hydrogen-bond acceptors (Lipinski definition) is 3. The highest BCUT2D eigenvalue weighted by atomic mass is 16.6. The Hall–Kier alpha value is -1.61. The molecule has 0 unspecified atom stereocenters. The van der Waals surface area contributed by atoms with Gasteiger partial charge in [-0.3, -0.25) is 4.79 Å². The lowest BCUT2D eigenvalue weighted by Gasteiger charge is -2.30. The molecule has 0 spiro atoms. The van der Waals surface area contributed by atoms with Crippen LogP contribution in [-0.4, -0.2) is 37.1 Å². The zero-order valence-corrected chi connectivity index (χ0v) is 31.0. The summed E-state index contributed by atoms with van der Waals surface area (Å²) in [4.78, 5) is 14.8. The Labute approximate surface area is 282 Å². The van der Waals surface area contributed by atoms with Gasteiger partial charge in [0, 0.05) is 6.42 Å².